The van der Waals surface area contributed by atoms with Crippen LogP contribution in [0.25, 0.3) is 16.9 Å². The molecule has 7 nitrogen and oxygen atoms in total. The normalized spacial score (nSPS) is 11.2. The number of aromatic nitrogens is 2. The number of unbranched alkanes of at least 4 members (excludes halogenated alkanes) is 1. The third-order valence-corrected chi connectivity index (χ3v) is 6.19. The number of rotatable bonds is 9. The maximum Gasteiger partial charge on any atom is 0.416 e. The number of nitrogens with one attached hydrogen (secondary N) is 2. The van der Waals surface area contributed by atoms with Crippen LogP contribution in [0.3, 0.4) is 0 Å². The molecule has 0 fully saturated rings. The van der Waals surface area contributed by atoms with E-state index in [1.165, 1.54) is 17.0 Å². The average molecular weight is 550 g/mol. The minimum atomic E-state index is -4.47. The predicted octanol–water partition coefficient (Wildman–Crippen LogP) is 7.14. The standard InChI is InChI=1S/C30H30F3N5O2/c1-3-4-18-37(29(40)34-24-14-12-23(13-15-24)30(31,32)33)20-28(39)35-27-19-26(22-8-6-5-7-9-22)36-38(27)25-16-10-21(2)11-17-25/h5-17,19H,3-4,18,20H2,1-2H3,(H,34,40)(H,35,39). The molecule has 1 aromatic heterocycles. The maximum absolute atomic E-state index is 13.2. The number of benzene rings is 3. The van der Waals surface area contributed by atoms with Gasteiger partial charge in [-0.15, -0.1) is 0 Å². The Kier molecular flexibility index (Phi) is 8.88. The van der Waals surface area contributed by atoms with Gasteiger partial charge in [0.05, 0.1) is 16.9 Å². The number of amides is 3. The quantitative estimate of drug-likeness (QED) is 0.233. The van der Waals surface area contributed by atoms with Gasteiger partial charge in [0.25, 0.3) is 0 Å². The summed E-state index contributed by atoms with van der Waals surface area (Å²) in [5.74, 6) is -0.00200. The number of anilines is 2. The second kappa shape index (κ2) is 12.5. The lowest BCUT2D eigenvalue weighted by Crippen LogP contribution is -2.41. The first-order chi connectivity index (χ1) is 19.1. The fourth-order valence-corrected chi connectivity index (χ4v) is 4.01. The Morgan fingerprint density at radius 2 is 1.60 bits per heavy atom. The molecule has 0 spiro atoms. The van der Waals surface area contributed by atoms with Gasteiger partial charge in [-0.1, -0.05) is 61.4 Å². The van der Waals surface area contributed by atoms with Crippen molar-refractivity contribution in [3.8, 4) is 16.9 Å². The van der Waals surface area contributed by atoms with Gasteiger partial charge in [-0.25, -0.2) is 9.48 Å². The molecule has 0 radical (unpaired) electrons. The molecule has 0 saturated carbocycles. The smallest absolute Gasteiger partial charge is 0.315 e. The fraction of sp³-hybridized carbons (Fsp3) is 0.233. The zero-order chi connectivity index (χ0) is 28.7. The van der Waals surface area contributed by atoms with E-state index in [1.807, 2.05) is 68.4 Å². The van der Waals surface area contributed by atoms with Gasteiger partial charge in [0, 0.05) is 23.9 Å². The molecule has 0 aliphatic rings. The maximum atomic E-state index is 13.2. The van der Waals surface area contributed by atoms with Gasteiger partial charge in [0.15, 0.2) is 0 Å². The molecule has 40 heavy (non-hydrogen) atoms. The molecule has 1 heterocycles. The summed E-state index contributed by atoms with van der Waals surface area (Å²) in [5.41, 5.74) is 2.77. The number of carbonyl (C=O) groups is 2. The third kappa shape index (κ3) is 7.28. The fourth-order valence-electron chi connectivity index (χ4n) is 4.01. The Labute approximate surface area is 230 Å². The Morgan fingerprint density at radius 3 is 2.23 bits per heavy atom. The number of halogens is 3. The van der Waals surface area contributed by atoms with Crippen LogP contribution in [0.5, 0.6) is 0 Å². The van der Waals surface area contributed by atoms with Gasteiger partial charge >= 0.3 is 12.2 Å². The molecule has 208 valence electrons. The molecule has 0 atom stereocenters. The lowest BCUT2D eigenvalue weighted by Gasteiger charge is -2.22. The van der Waals surface area contributed by atoms with Crippen LogP contribution in [0.15, 0.2) is 84.9 Å². The number of aryl methyl sites for hydroxylation is 1. The van der Waals surface area contributed by atoms with Crippen molar-refractivity contribution in [2.45, 2.75) is 32.9 Å². The van der Waals surface area contributed by atoms with Crippen molar-refractivity contribution in [2.24, 2.45) is 0 Å². The van der Waals surface area contributed by atoms with Crippen LogP contribution < -0.4 is 10.6 Å². The molecular weight excluding hydrogens is 519 g/mol. The minimum absolute atomic E-state index is 0.199. The van der Waals surface area contributed by atoms with Crippen LogP contribution >= 0.6 is 0 Å². The SMILES string of the molecule is CCCCN(CC(=O)Nc1cc(-c2ccccc2)nn1-c1ccc(C)cc1)C(=O)Nc1ccc(C(F)(F)F)cc1. The van der Waals surface area contributed by atoms with E-state index in [2.05, 4.69) is 10.6 Å². The van der Waals surface area contributed by atoms with Gasteiger partial charge in [0.1, 0.15) is 12.4 Å². The third-order valence-electron chi connectivity index (χ3n) is 6.19. The van der Waals surface area contributed by atoms with Gasteiger partial charge in [-0.3, -0.25) is 4.79 Å². The molecule has 3 amide bonds. The van der Waals surface area contributed by atoms with E-state index in [-0.39, 0.29) is 12.2 Å². The Bertz CT molecular complexity index is 1430. The second-order valence-corrected chi connectivity index (χ2v) is 9.36. The van der Waals surface area contributed by atoms with Crippen LogP contribution in [-0.4, -0.2) is 39.7 Å². The van der Waals surface area contributed by atoms with E-state index >= 15 is 0 Å². The van der Waals surface area contributed by atoms with E-state index in [0.29, 0.717) is 24.5 Å². The number of nitrogens with zero attached hydrogens (tertiary/aromatic N) is 3. The molecule has 4 rings (SSSR count). The molecule has 0 unspecified atom stereocenters. The predicted molar refractivity (Wildman–Crippen MR) is 149 cm³/mol. The van der Waals surface area contributed by atoms with Crippen LogP contribution in [0.1, 0.15) is 30.9 Å². The van der Waals surface area contributed by atoms with Crippen LogP contribution in [0, 0.1) is 6.92 Å². The van der Waals surface area contributed by atoms with Gasteiger partial charge in [-0.2, -0.15) is 18.3 Å². The summed E-state index contributed by atoms with van der Waals surface area (Å²) in [4.78, 5) is 27.5. The molecule has 2 N–H and O–H groups in total. The van der Waals surface area contributed by atoms with Gasteiger partial charge in [0.2, 0.25) is 5.91 Å². The number of alkyl halides is 3. The lowest BCUT2D eigenvalue weighted by molar-refractivity contribution is -0.137. The van der Waals surface area contributed by atoms with E-state index in [9.17, 15) is 22.8 Å². The number of hydrogen-bond acceptors (Lipinski definition) is 3. The highest BCUT2D eigenvalue weighted by Gasteiger charge is 2.30. The second-order valence-electron chi connectivity index (χ2n) is 9.36. The highest BCUT2D eigenvalue weighted by molar-refractivity contribution is 5.97. The first-order valence-corrected chi connectivity index (χ1v) is 12.9. The summed E-state index contributed by atoms with van der Waals surface area (Å²) >= 11 is 0. The molecule has 0 aliphatic carbocycles. The Balaban J connectivity index is 1.52. The zero-order valence-electron chi connectivity index (χ0n) is 22.2. The first kappa shape index (κ1) is 28.4. The topological polar surface area (TPSA) is 79.3 Å². The van der Waals surface area contributed by atoms with Crippen molar-refractivity contribution in [1.82, 2.24) is 14.7 Å². The molecule has 10 heteroatoms. The summed E-state index contributed by atoms with van der Waals surface area (Å²) in [6.45, 7) is 3.97. The van der Waals surface area contributed by atoms with Crippen molar-refractivity contribution < 1.29 is 22.8 Å². The van der Waals surface area contributed by atoms with Crippen LogP contribution in [0.4, 0.5) is 29.5 Å². The van der Waals surface area contributed by atoms with Gasteiger partial charge < -0.3 is 15.5 Å². The Morgan fingerprint density at radius 1 is 0.925 bits per heavy atom. The number of hydrogen-bond donors (Lipinski definition) is 2. The van der Waals surface area contributed by atoms with E-state index in [0.717, 1.165) is 35.4 Å². The van der Waals surface area contributed by atoms with E-state index in [1.54, 1.807) is 10.7 Å². The minimum Gasteiger partial charge on any atom is -0.315 e. The van der Waals surface area contributed by atoms with Crippen molar-refractivity contribution >= 4 is 23.4 Å². The van der Waals surface area contributed by atoms with Crippen molar-refractivity contribution in [1.29, 1.82) is 0 Å². The molecule has 0 saturated heterocycles. The highest BCUT2D eigenvalue weighted by atomic mass is 19.4. The Hall–Kier alpha value is -4.60. The number of urea groups is 1. The zero-order valence-corrected chi connectivity index (χ0v) is 22.2. The van der Waals surface area contributed by atoms with Crippen molar-refractivity contribution in [2.75, 3.05) is 23.7 Å². The van der Waals surface area contributed by atoms with Crippen LogP contribution in [0.2, 0.25) is 0 Å². The van der Waals surface area contributed by atoms with E-state index < -0.39 is 23.7 Å². The summed E-state index contributed by atoms with van der Waals surface area (Å²) in [6, 6.07) is 22.6. The summed E-state index contributed by atoms with van der Waals surface area (Å²) < 4.78 is 40.3. The molecule has 4 aromatic rings. The molecule has 0 aliphatic heterocycles. The highest BCUT2D eigenvalue weighted by Crippen LogP contribution is 2.30. The van der Waals surface area contributed by atoms with E-state index in [4.69, 9.17) is 5.10 Å². The average Bonchev–Trinajstić information content (AvgIpc) is 3.35. The van der Waals surface area contributed by atoms with Crippen molar-refractivity contribution in [3.05, 3.63) is 96.1 Å². The molecule has 3 aromatic carbocycles. The summed E-state index contributed by atoms with van der Waals surface area (Å²) in [6.07, 6.45) is -3.04. The van der Waals surface area contributed by atoms with Crippen molar-refractivity contribution in [3.63, 3.8) is 0 Å². The number of carbonyl (C=O) groups excluding carboxylic acids is 2. The first-order valence-electron chi connectivity index (χ1n) is 12.9. The summed E-state index contributed by atoms with van der Waals surface area (Å²) in [7, 11) is 0. The summed E-state index contributed by atoms with van der Waals surface area (Å²) in [5, 5.41) is 10.2. The largest absolute Gasteiger partial charge is 0.416 e. The lowest BCUT2D eigenvalue weighted by atomic mass is 10.1. The molecular formula is C30H30F3N5O2. The monoisotopic (exact) mass is 549 g/mol. The van der Waals surface area contributed by atoms with Crippen LogP contribution in [-0.2, 0) is 11.0 Å². The van der Waals surface area contributed by atoms with Gasteiger partial charge in [-0.05, 0) is 49.7 Å². The molecule has 0 bridgehead atoms.